The largest absolute Gasteiger partial charge is 0.507 e. The summed E-state index contributed by atoms with van der Waals surface area (Å²) in [5.41, 5.74) is 0.00284. The predicted molar refractivity (Wildman–Crippen MR) is 120 cm³/mol. The second-order valence-electron chi connectivity index (χ2n) is 11.2. The van der Waals surface area contributed by atoms with Crippen LogP contribution in [0.4, 0.5) is 0 Å². The minimum Gasteiger partial charge on any atom is -0.507 e. The Balaban J connectivity index is 2.02. The SMILES string of the molecule is CCCCCCC(C)(C)c1cc(O)c([C@]2(O)C3(C)CCC(C3)C2(C)C)c(OC)c1. The van der Waals surface area contributed by atoms with E-state index >= 15 is 0 Å². The molecule has 3 nitrogen and oxygen atoms in total. The summed E-state index contributed by atoms with van der Waals surface area (Å²) in [6.07, 6.45) is 9.15. The maximum absolute atomic E-state index is 12.2. The van der Waals surface area contributed by atoms with Gasteiger partial charge in [-0.05, 0) is 54.7 Å². The first kappa shape index (κ1) is 22.5. The molecule has 0 spiro atoms. The van der Waals surface area contributed by atoms with Crippen molar-refractivity contribution in [1.29, 1.82) is 0 Å². The number of ether oxygens (including phenoxy) is 1. The highest BCUT2D eigenvalue weighted by atomic mass is 16.5. The van der Waals surface area contributed by atoms with Gasteiger partial charge in [0, 0.05) is 10.8 Å². The molecule has 0 aliphatic heterocycles. The zero-order valence-electron chi connectivity index (χ0n) is 19.7. The van der Waals surface area contributed by atoms with Crippen LogP contribution in [0.25, 0.3) is 0 Å². The lowest BCUT2D eigenvalue weighted by Gasteiger charge is -2.51. The Labute approximate surface area is 177 Å². The van der Waals surface area contributed by atoms with Crippen LogP contribution < -0.4 is 4.74 Å². The summed E-state index contributed by atoms with van der Waals surface area (Å²) in [7, 11) is 1.65. The van der Waals surface area contributed by atoms with Crippen LogP contribution in [0.15, 0.2) is 12.1 Å². The van der Waals surface area contributed by atoms with Crippen LogP contribution in [0.1, 0.15) is 104 Å². The van der Waals surface area contributed by atoms with E-state index in [0.717, 1.165) is 31.2 Å². The molecule has 2 aliphatic rings. The fourth-order valence-corrected chi connectivity index (χ4v) is 6.54. The van der Waals surface area contributed by atoms with Crippen molar-refractivity contribution in [1.82, 2.24) is 0 Å². The van der Waals surface area contributed by atoms with Crippen LogP contribution in [-0.4, -0.2) is 17.3 Å². The molecule has 164 valence electrons. The summed E-state index contributed by atoms with van der Waals surface area (Å²) in [5, 5.41) is 23.4. The molecule has 0 amide bonds. The third-order valence-electron chi connectivity index (χ3n) is 8.67. The van der Waals surface area contributed by atoms with Crippen molar-refractivity contribution in [2.75, 3.05) is 7.11 Å². The number of aromatic hydroxyl groups is 1. The van der Waals surface area contributed by atoms with Gasteiger partial charge >= 0.3 is 0 Å². The molecule has 1 aromatic carbocycles. The Bertz CT molecular complexity index is 744. The molecule has 0 radical (unpaired) electrons. The quantitative estimate of drug-likeness (QED) is 0.477. The van der Waals surface area contributed by atoms with Gasteiger partial charge in [0.25, 0.3) is 0 Å². The van der Waals surface area contributed by atoms with Crippen LogP contribution in [-0.2, 0) is 11.0 Å². The predicted octanol–water partition coefficient (Wildman–Crippen LogP) is 6.68. The summed E-state index contributed by atoms with van der Waals surface area (Å²) < 4.78 is 5.81. The Hall–Kier alpha value is -1.22. The van der Waals surface area contributed by atoms with E-state index in [0.29, 0.717) is 17.2 Å². The minimum atomic E-state index is -1.10. The summed E-state index contributed by atoms with van der Waals surface area (Å²) in [6, 6.07) is 3.96. The maximum atomic E-state index is 12.2. The fraction of sp³-hybridized carbons (Fsp3) is 0.769. The lowest BCUT2D eigenvalue weighted by Crippen LogP contribution is -2.51. The van der Waals surface area contributed by atoms with Crippen LogP contribution in [0.2, 0.25) is 0 Å². The lowest BCUT2D eigenvalue weighted by atomic mass is 9.57. The lowest BCUT2D eigenvalue weighted by molar-refractivity contribution is -0.152. The van der Waals surface area contributed by atoms with Crippen molar-refractivity contribution < 1.29 is 14.9 Å². The Kier molecular flexibility index (Phi) is 5.79. The molecular weight excluding hydrogens is 360 g/mol. The first-order chi connectivity index (χ1) is 13.4. The normalized spacial score (nSPS) is 30.7. The Morgan fingerprint density at radius 1 is 1.14 bits per heavy atom. The molecule has 2 fully saturated rings. The van der Waals surface area contributed by atoms with Gasteiger partial charge in [-0.3, -0.25) is 0 Å². The van der Waals surface area contributed by atoms with Crippen molar-refractivity contribution in [3.05, 3.63) is 23.3 Å². The second kappa shape index (κ2) is 7.48. The molecule has 2 aliphatic carbocycles. The van der Waals surface area contributed by atoms with E-state index in [-0.39, 0.29) is 22.0 Å². The molecule has 1 aromatic rings. The molecule has 3 atom stereocenters. The molecule has 2 N–H and O–H groups in total. The Morgan fingerprint density at radius 3 is 2.38 bits per heavy atom. The molecule has 2 saturated carbocycles. The molecule has 0 saturated heterocycles. The molecule has 2 unspecified atom stereocenters. The van der Waals surface area contributed by atoms with Crippen molar-refractivity contribution in [3.63, 3.8) is 0 Å². The third-order valence-corrected chi connectivity index (χ3v) is 8.67. The number of unbranched alkanes of at least 4 members (excludes halogenated alkanes) is 3. The number of fused-ring (bicyclic) bond motifs is 2. The molecule has 0 heterocycles. The van der Waals surface area contributed by atoms with Gasteiger partial charge in [-0.15, -0.1) is 0 Å². The summed E-state index contributed by atoms with van der Waals surface area (Å²) in [5.74, 6) is 1.28. The molecule has 3 rings (SSSR count). The van der Waals surface area contributed by atoms with Gasteiger partial charge in [-0.25, -0.2) is 0 Å². The van der Waals surface area contributed by atoms with E-state index in [4.69, 9.17) is 4.74 Å². The van der Waals surface area contributed by atoms with Gasteiger partial charge in [0.15, 0.2) is 0 Å². The van der Waals surface area contributed by atoms with E-state index < -0.39 is 5.60 Å². The number of methoxy groups -OCH3 is 1. The summed E-state index contributed by atoms with van der Waals surface area (Å²) in [6.45, 7) is 13.2. The van der Waals surface area contributed by atoms with E-state index in [1.807, 2.05) is 6.07 Å². The topological polar surface area (TPSA) is 49.7 Å². The van der Waals surface area contributed by atoms with Crippen molar-refractivity contribution in [3.8, 4) is 11.5 Å². The van der Waals surface area contributed by atoms with E-state index in [1.54, 1.807) is 7.11 Å². The van der Waals surface area contributed by atoms with Gasteiger partial charge < -0.3 is 14.9 Å². The fourth-order valence-electron chi connectivity index (χ4n) is 6.54. The zero-order chi connectivity index (χ0) is 21.7. The first-order valence-corrected chi connectivity index (χ1v) is 11.6. The van der Waals surface area contributed by atoms with Crippen LogP contribution >= 0.6 is 0 Å². The number of aliphatic hydroxyl groups is 1. The monoisotopic (exact) mass is 402 g/mol. The minimum absolute atomic E-state index is 0.0479. The number of benzene rings is 1. The number of phenols is 1. The van der Waals surface area contributed by atoms with Crippen LogP contribution in [0, 0.1) is 16.7 Å². The van der Waals surface area contributed by atoms with E-state index in [2.05, 4.69) is 47.6 Å². The smallest absolute Gasteiger partial charge is 0.129 e. The average Bonchev–Trinajstić information content (AvgIpc) is 3.13. The van der Waals surface area contributed by atoms with Crippen LogP contribution in [0.3, 0.4) is 0 Å². The molecule has 29 heavy (non-hydrogen) atoms. The molecular formula is C26H42O3. The maximum Gasteiger partial charge on any atom is 0.129 e. The van der Waals surface area contributed by atoms with Gasteiger partial charge in [0.2, 0.25) is 0 Å². The number of rotatable bonds is 8. The van der Waals surface area contributed by atoms with Crippen molar-refractivity contribution in [2.24, 2.45) is 16.7 Å². The summed E-state index contributed by atoms with van der Waals surface area (Å²) in [4.78, 5) is 0. The molecule has 3 heteroatoms. The average molecular weight is 403 g/mol. The van der Waals surface area contributed by atoms with E-state index in [9.17, 15) is 10.2 Å². The summed E-state index contributed by atoms with van der Waals surface area (Å²) >= 11 is 0. The zero-order valence-corrected chi connectivity index (χ0v) is 19.7. The highest BCUT2D eigenvalue weighted by Crippen LogP contribution is 2.73. The van der Waals surface area contributed by atoms with Gasteiger partial charge in [-0.1, -0.05) is 67.2 Å². The number of phenolic OH excluding ortho intramolecular Hbond substituents is 1. The van der Waals surface area contributed by atoms with Gasteiger partial charge in [0.1, 0.15) is 17.1 Å². The van der Waals surface area contributed by atoms with E-state index in [1.165, 1.54) is 25.7 Å². The second-order valence-corrected chi connectivity index (χ2v) is 11.2. The number of hydrogen-bond donors (Lipinski definition) is 2. The van der Waals surface area contributed by atoms with Crippen molar-refractivity contribution in [2.45, 2.75) is 104 Å². The van der Waals surface area contributed by atoms with Gasteiger partial charge in [-0.2, -0.15) is 0 Å². The van der Waals surface area contributed by atoms with Crippen molar-refractivity contribution >= 4 is 0 Å². The van der Waals surface area contributed by atoms with Crippen LogP contribution in [0.5, 0.6) is 11.5 Å². The molecule has 0 aromatic heterocycles. The van der Waals surface area contributed by atoms with Gasteiger partial charge in [0.05, 0.1) is 12.7 Å². The Morgan fingerprint density at radius 2 is 1.83 bits per heavy atom. The molecule has 2 bridgehead atoms. The third kappa shape index (κ3) is 3.28. The highest BCUT2D eigenvalue weighted by Gasteiger charge is 2.70. The first-order valence-electron chi connectivity index (χ1n) is 11.6. The standard InChI is InChI=1S/C26H42O3/c1-8-9-10-11-13-23(2,3)19-15-20(27)22(21(16-19)29-7)26(28)24(4,5)18-12-14-25(26,6)17-18/h15-16,18,27-28H,8-14,17H2,1-7H3/t18?,25?,26-/m1/s1. The highest BCUT2D eigenvalue weighted by molar-refractivity contribution is 5.55. The number of hydrogen-bond acceptors (Lipinski definition) is 3.